The van der Waals surface area contributed by atoms with Crippen molar-refractivity contribution in [1.82, 2.24) is 14.3 Å². The number of imidazole rings is 1. The van der Waals surface area contributed by atoms with Crippen molar-refractivity contribution in [3.05, 3.63) is 24.0 Å². The first-order chi connectivity index (χ1) is 8.79. The number of rotatable bonds is 4. The average molecular weight is 282 g/mol. The molecule has 0 aliphatic carbocycles. The number of anilines is 1. The van der Waals surface area contributed by atoms with Gasteiger partial charge < -0.3 is 4.98 Å². The number of nitrogens with one attached hydrogen (secondary N) is 2. The van der Waals surface area contributed by atoms with E-state index in [1.807, 2.05) is 13.8 Å². The molecule has 0 amide bonds. The third kappa shape index (κ3) is 2.87. The SMILES string of the molecule is CC(C)c1nc2ccc(NS(=O)(=O)N(C)C)cc2[nH]1. The van der Waals surface area contributed by atoms with Gasteiger partial charge in [-0.25, -0.2) is 4.98 Å². The third-order valence-corrected chi connectivity index (χ3v) is 4.23. The summed E-state index contributed by atoms with van der Waals surface area (Å²) >= 11 is 0. The highest BCUT2D eigenvalue weighted by Crippen LogP contribution is 2.21. The fraction of sp³-hybridized carbons (Fsp3) is 0.417. The highest BCUT2D eigenvalue weighted by atomic mass is 32.2. The predicted octanol–water partition coefficient (Wildman–Crippen LogP) is 1.90. The van der Waals surface area contributed by atoms with E-state index in [2.05, 4.69) is 14.7 Å². The summed E-state index contributed by atoms with van der Waals surface area (Å²) in [5.41, 5.74) is 2.17. The lowest BCUT2D eigenvalue weighted by atomic mass is 10.2. The molecule has 1 aromatic heterocycles. The Labute approximate surface area is 113 Å². The Kier molecular flexibility index (Phi) is 3.51. The Morgan fingerprint density at radius 1 is 1.32 bits per heavy atom. The first-order valence-corrected chi connectivity index (χ1v) is 7.43. The number of aromatic nitrogens is 2. The standard InChI is InChI=1S/C12H18N4O2S/c1-8(2)12-13-10-6-5-9(7-11(10)14-12)15-19(17,18)16(3)4/h5-8,15H,1-4H3,(H,13,14). The Hall–Kier alpha value is -1.60. The van der Waals surface area contributed by atoms with Gasteiger partial charge in [-0.1, -0.05) is 13.8 Å². The fourth-order valence-corrected chi connectivity index (χ4v) is 2.21. The molecular weight excluding hydrogens is 264 g/mol. The van der Waals surface area contributed by atoms with E-state index >= 15 is 0 Å². The van der Waals surface area contributed by atoms with Gasteiger partial charge in [0, 0.05) is 20.0 Å². The maximum atomic E-state index is 11.7. The number of aromatic amines is 1. The van der Waals surface area contributed by atoms with Crippen LogP contribution in [0.5, 0.6) is 0 Å². The Morgan fingerprint density at radius 2 is 2.00 bits per heavy atom. The molecule has 0 saturated carbocycles. The van der Waals surface area contributed by atoms with Gasteiger partial charge in [0.2, 0.25) is 0 Å². The second kappa shape index (κ2) is 4.82. The molecule has 0 saturated heterocycles. The summed E-state index contributed by atoms with van der Waals surface area (Å²) in [5, 5.41) is 0. The van der Waals surface area contributed by atoms with Crippen LogP contribution in [-0.4, -0.2) is 36.8 Å². The number of nitrogens with zero attached hydrogens (tertiary/aromatic N) is 2. The summed E-state index contributed by atoms with van der Waals surface area (Å²) < 4.78 is 27.1. The Bertz CT molecular complexity index is 689. The summed E-state index contributed by atoms with van der Waals surface area (Å²) in [6.07, 6.45) is 0. The van der Waals surface area contributed by atoms with E-state index in [9.17, 15) is 8.42 Å². The van der Waals surface area contributed by atoms with Crippen molar-refractivity contribution in [1.29, 1.82) is 0 Å². The van der Waals surface area contributed by atoms with Crippen molar-refractivity contribution in [3.63, 3.8) is 0 Å². The average Bonchev–Trinajstić information content (AvgIpc) is 2.71. The van der Waals surface area contributed by atoms with Gasteiger partial charge in [0.15, 0.2) is 0 Å². The Balaban J connectivity index is 2.37. The molecule has 104 valence electrons. The number of H-pyrrole nitrogens is 1. The van der Waals surface area contributed by atoms with E-state index in [-0.39, 0.29) is 0 Å². The molecule has 0 bridgehead atoms. The largest absolute Gasteiger partial charge is 0.342 e. The fourth-order valence-electron chi connectivity index (χ4n) is 1.61. The second-order valence-corrected chi connectivity index (χ2v) is 6.78. The van der Waals surface area contributed by atoms with Crippen molar-refractivity contribution in [2.45, 2.75) is 19.8 Å². The maximum absolute atomic E-state index is 11.7. The molecule has 0 aliphatic rings. The molecule has 0 fully saturated rings. The zero-order chi connectivity index (χ0) is 14.2. The summed E-state index contributed by atoms with van der Waals surface area (Å²) in [6, 6.07) is 5.24. The van der Waals surface area contributed by atoms with Crippen LogP contribution in [-0.2, 0) is 10.2 Å². The van der Waals surface area contributed by atoms with Gasteiger partial charge in [-0.2, -0.15) is 12.7 Å². The molecule has 0 radical (unpaired) electrons. The van der Waals surface area contributed by atoms with Gasteiger partial charge in [0.1, 0.15) is 5.82 Å². The first kappa shape index (κ1) is 13.8. The zero-order valence-electron chi connectivity index (χ0n) is 11.4. The van der Waals surface area contributed by atoms with Gasteiger partial charge >= 0.3 is 10.2 Å². The molecule has 0 atom stereocenters. The summed E-state index contributed by atoms with van der Waals surface area (Å²) in [4.78, 5) is 7.63. The van der Waals surface area contributed by atoms with Crippen molar-refractivity contribution in [3.8, 4) is 0 Å². The molecule has 2 aromatic rings. The molecule has 6 nitrogen and oxygen atoms in total. The number of benzene rings is 1. The minimum absolute atomic E-state index is 0.300. The van der Waals surface area contributed by atoms with E-state index in [1.54, 1.807) is 18.2 Å². The van der Waals surface area contributed by atoms with Gasteiger partial charge in [-0.3, -0.25) is 4.72 Å². The predicted molar refractivity (Wildman–Crippen MR) is 76.4 cm³/mol. The van der Waals surface area contributed by atoms with Crippen LogP contribution in [0.15, 0.2) is 18.2 Å². The summed E-state index contributed by atoms with van der Waals surface area (Å²) in [5.74, 6) is 1.19. The Morgan fingerprint density at radius 3 is 2.58 bits per heavy atom. The van der Waals surface area contributed by atoms with Gasteiger partial charge in [-0.15, -0.1) is 0 Å². The van der Waals surface area contributed by atoms with Crippen LogP contribution in [0.1, 0.15) is 25.6 Å². The molecule has 19 heavy (non-hydrogen) atoms. The van der Waals surface area contributed by atoms with E-state index in [4.69, 9.17) is 0 Å². The number of hydrogen-bond donors (Lipinski definition) is 2. The molecule has 1 heterocycles. The third-order valence-electron chi connectivity index (χ3n) is 2.77. The highest BCUT2D eigenvalue weighted by Gasteiger charge is 2.14. The van der Waals surface area contributed by atoms with Crippen LogP contribution in [0.2, 0.25) is 0 Å². The second-order valence-electron chi connectivity index (χ2n) is 4.90. The van der Waals surface area contributed by atoms with Gasteiger partial charge in [0.05, 0.1) is 16.7 Å². The minimum Gasteiger partial charge on any atom is -0.342 e. The lowest BCUT2D eigenvalue weighted by Gasteiger charge is -2.13. The van der Waals surface area contributed by atoms with Gasteiger partial charge in [0.25, 0.3) is 0 Å². The summed E-state index contributed by atoms with van der Waals surface area (Å²) in [7, 11) is -0.520. The first-order valence-electron chi connectivity index (χ1n) is 5.99. The molecule has 0 aliphatic heterocycles. The van der Waals surface area contributed by atoms with Crippen LogP contribution in [0.3, 0.4) is 0 Å². The smallest absolute Gasteiger partial charge is 0.301 e. The van der Waals surface area contributed by atoms with Crippen LogP contribution >= 0.6 is 0 Å². The molecule has 7 heteroatoms. The quantitative estimate of drug-likeness (QED) is 0.899. The van der Waals surface area contributed by atoms with Crippen molar-refractivity contribution < 1.29 is 8.42 Å². The molecule has 0 spiro atoms. The maximum Gasteiger partial charge on any atom is 0.301 e. The van der Waals surface area contributed by atoms with Crippen LogP contribution < -0.4 is 4.72 Å². The molecule has 0 unspecified atom stereocenters. The lowest BCUT2D eigenvalue weighted by molar-refractivity contribution is 0.527. The number of fused-ring (bicyclic) bond motifs is 1. The van der Waals surface area contributed by atoms with Crippen LogP contribution in [0.4, 0.5) is 5.69 Å². The molecule has 2 rings (SSSR count). The molecular formula is C12H18N4O2S. The normalized spacial score (nSPS) is 12.5. The van der Waals surface area contributed by atoms with Crippen LogP contribution in [0.25, 0.3) is 11.0 Å². The molecule has 1 aromatic carbocycles. The lowest BCUT2D eigenvalue weighted by Crippen LogP contribution is -2.28. The van der Waals surface area contributed by atoms with Crippen molar-refractivity contribution in [2.75, 3.05) is 18.8 Å². The highest BCUT2D eigenvalue weighted by molar-refractivity contribution is 7.90. The van der Waals surface area contributed by atoms with E-state index in [0.717, 1.165) is 21.2 Å². The van der Waals surface area contributed by atoms with Crippen molar-refractivity contribution in [2.24, 2.45) is 0 Å². The van der Waals surface area contributed by atoms with E-state index in [1.165, 1.54) is 14.1 Å². The minimum atomic E-state index is -3.48. The van der Waals surface area contributed by atoms with Crippen LogP contribution in [0, 0.1) is 0 Å². The zero-order valence-corrected chi connectivity index (χ0v) is 12.2. The van der Waals surface area contributed by atoms with E-state index < -0.39 is 10.2 Å². The summed E-state index contributed by atoms with van der Waals surface area (Å²) in [6.45, 7) is 4.10. The van der Waals surface area contributed by atoms with E-state index in [0.29, 0.717) is 11.6 Å². The topological polar surface area (TPSA) is 78.1 Å². The number of hydrogen-bond acceptors (Lipinski definition) is 3. The molecule has 2 N–H and O–H groups in total. The van der Waals surface area contributed by atoms with Crippen molar-refractivity contribution >= 4 is 26.9 Å². The van der Waals surface area contributed by atoms with Gasteiger partial charge in [-0.05, 0) is 18.2 Å². The monoisotopic (exact) mass is 282 g/mol.